The van der Waals surface area contributed by atoms with E-state index < -0.39 is 5.97 Å². The summed E-state index contributed by atoms with van der Waals surface area (Å²) in [5, 5.41) is 11.8. The molecule has 7 nitrogen and oxygen atoms in total. The maximum absolute atomic E-state index is 13.2. The molecule has 7 heteroatoms. The van der Waals surface area contributed by atoms with E-state index in [9.17, 15) is 9.59 Å². The van der Waals surface area contributed by atoms with Gasteiger partial charge in [-0.2, -0.15) is 0 Å². The maximum Gasteiger partial charge on any atom is 0.329 e. The Morgan fingerprint density at radius 3 is 2.39 bits per heavy atom. The number of hydrogen-bond acceptors (Lipinski definition) is 4. The number of benzene rings is 2. The summed E-state index contributed by atoms with van der Waals surface area (Å²) in [7, 11) is 1.61. The molecule has 1 aliphatic carbocycles. The van der Waals surface area contributed by atoms with E-state index in [0.29, 0.717) is 25.0 Å². The van der Waals surface area contributed by atoms with Crippen LogP contribution in [-0.2, 0) is 9.53 Å². The summed E-state index contributed by atoms with van der Waals surface area (Å²) in [5.74, 6) is 0.473. The van der Waals surface area contributed by atoms with Gasteiger partial charge in [-0.15, -0.1) is 0 Å². The second-order valence-corrected chi connectivity index (χ2v) is 7.86. The number of ether oxygens (including phenoxy) is 2. The van der Waals surface area contributed by atoms with E-state index in [2.05, 4.69) is 5.32 Å². The molecule has 166 valence electrons. The number of nitrogens with one attached hydrogen (secondary N) is 1. The van der Waals surface area contributed by atoms with Crippen molar-refractivity contribution in [2.24, 2.45) is 11.8 Å². The summed E-state index contributed by atoms with van der Waals surface area (Å²) in [6.45, 7) is 0.776. The van der Waals surface area contributed by atoms with Gasteiger partial charge in [0.05, 0.1) is 25.1 Å². The molecule has 1 aliphatic rings. The van der Waals surface area contributed by atoms with Crippen molar-refractivity contribution in [3.63, 3.8) is 0 Å². The molecular formula is C24H30N2O5. The third-order valence-corrected chi connectivity index (χ3v) is 5.56. The van der Waals surface area contributed by atoms with Gasteiger partial charge in [0.2, 0.25) is 0 Å². The van der Waals surface area contributed by atoms with Crippen molar-refractivity contribution in [3.05, 3.63) is 54.6 Å². The van der Waals surface area contributed by atoms with E-state index >= 15 is 0 Å². The summed E-state index contributed by atoms with van der Waals surface area (Å²) >= 11 is 0. The minimum absolute atomic E-state index is 0.180. The molecule has 1 saturated carbocycles. The van der Waals surface area contributed by atoms with Gasteiger partial charge in [0.25, 0.3) is 0 Å². The first kappa shape index (κ1) is 22.6. The van der Waals surface area contributed by atoms with Crippen LogP contribution in [0.4, 0.5) is 16.2 Å². The number of rotatable bonds is 9. The van der Waals surface area contributed by atoms with Crippen LogP contribution in [0.5, 0.6) is 5.75 Å². The molecule has 0 aliphatic heterocycles. The first-order valence-corrected chi connectivity index (χ1v) is 10.6. The van der Waals surface area contributed by atoms with E-state index in [1.54, 1.807) is 12.0 Å². The molecule has 2 N–H and O–H groups in total. The predicted octanol–water partition coefficient (Wildman–Crippen LogP) is 4.45. The van der Waals surface area contributed by atoms with Crippen LogP contribution < -0.4 is 15.0 Å². The Balaban J connectivity index is 1.61. The maximum atomic E-state index is 13.2. The van der Waals surface area contributed by atoms with Crippen LogP contribution >= 0.6 is 0 Å². The van der Waals surface area contributed by atoms with Gasteiger partial charge in [-0.25, -0.2) is 9.59 Å². The molecule has 1 fully saturated rings. The Morgan fingerprint density at radius 2 is 1.71 bits per heavy atom. The molecule has 3 rings (SSSR count). The van der Waals surface area contributed by atoms with Crippen LogP contribution in [0, 0.1) is 11.8 Å². The van der Waals surface area contributed by atoms with Gasteiger partial charge in [0.1, 0.15) is 12.4 Å². The zero-order valence-electron chi connectivity index (χ0n) is 17.8. The largest absolute Gasteiger partial charge is 0.497 e. The summed E-state index contributed by atoms with van der Waals surface area (Å²) in [4.78, 5) is 25.5. The summed E-state index contributed by atoms with van der Waals surface area (Å²) in [5.41, 5.74) is 1.54. The summed E-state index contributed by atoms with van der Waals surface area (Å²) in [6.07, 6.45) is 4.06. The van der Waals surface area contributed by atoms with Crippen molar-refractivity contribution < 1.29 is 24.2 Å². The monoisotopic (exact) mass is 426 g/mol. The van der Waals surface area contributed by atoms with Crippen LogP contribution in [-0.4, -0.2) is 44.0 Å². The molecule has 0 bridgehead atoms. The van der Waals surface area contributed by atoms with Crippen LogP contribution in [0.25, 0.3) is 0 Å². The lowest BCUT2D eigenvalue weighted by atomic mass is 9.82. The van der Waals surface area contributed by atoms with Crippen molar-refractivity contribution >= 4 is 23.4 Å². The molecule has 2 amide bonds. The molecule has 0 spiro atoms. The summed E-state index contributed by atoms with van der Waals surface area (Å²) < 4.78 is 10.5. The minimum atomic E-state index is -0.945. The number of carbonyl (C=O) groups excluding carboxylic acids is 1. The van der Waals surface area contributed by atoms with E-state index in [1.807, 2.05) is 54.6 Å². The highest BCUT2D eigenvalue weighted by molar-refractivity contribution is 5.99. The van der Waals surface area contributed by atoms with E-state index in [0.717, 1.165) is 42.8 Å². The Labute approximate surface area is 183 Å². The average Bonchev–Trinajstić information content (AvgIpc) is 2.79. The van der Waals surface area contributed by atoms with Gasteiger partial charge in [0, 0.05) is 6.54 Å². The van der Waals surface area contributed by atoms with Gasteiger partial charge in [-0.05, 0) is 67.5 Å². The quantitative estimate of drug-likeness (QED) is 0.618. The number of hydrogen-bond donors (Lipinski definition) is 2. The van der Waals surface area contributed by atoms with Crippen LogP contribution in [0.1, 0.15) is 25.7 Å². The van der Waals surface area contributed by atoms with Gasteiger partial charge >= 0.3 is 12.0 Å². The predicted molar refractivity (Wildman–Crippen MR) is 119 cm³/mol. The third-order valence-electron chi connectivity index (χ3n) is 5.56. The van der Waals surface area contributed by atoms with E-state index in [4.69, 9.17) is 14.6 Å². The third kappa shape index (κ3) is 6.72. The van der Waals surface area contributed by atoms with Gasteiger partial charge in [-0.3, -0.25) is 4.90 Å². The van der Waals surface area contributed by atoms with Gasteiger partial charge in [-0.1, -0.05) is 24.6 Å². The van der Waals surface area contributed by atoms with Gasteiger partial charge in [0.15, 0.2) is 0 Å². The Bertz CT molecular complexity index is 841. The van der Waals surface area contributed by atoms with Crippen molar-refractivity contribution in [1.82, 2.24) is 5.32 Å². The molecule has 31 heavy (non-hydrogen) atoms. The molecule has 0 aromatic heterocycles. The summed E-state index contributed by atoms with van der Waals surface area (Å²) in [6, 6.07) is 16.7. The molecule has 2 aromatic carbocycles. The second kappa shape index (κ2) is 11.4. The number of aliphatic carboxylic acids is 1. The van der Waals surface area contributed by atoms with Gasteiger partial charge < -0.3 is 19.9 Å². The molecule has 2 unspecified atom stereocenters. The zero-order valence-corrected chi connectivity index (χ0v) is 17.8. The average molecular weight is 427 g/mol. The lowest BCUT2D eigenvalue weighted by molar-refractivity contribution is -0.142. The SMILES string of the molecule is COc1ccc(N(C(=O)NCC2CCCC(COCC(=O)O)C2)c2ccccc2)cc1. The number of carboxylic acid groups (broad SMARTS) is 1. The second-order valence-electron chi connectivity index (χ2n) is 7.86. The first-order chi connectivity index (χ1) is 15.1. The topological polar surface area (TPSA) is 88.1 Å². The molecule has 2 atom stereocenters. The van der Waals surface area contributed by atoms with Crippen molar-refractivity contribution in [1.29, 1.82) is 0 Å². The fourth-order valence-electron chi connectivity index (χ4n) is 4.05. The number of urea groups is 1. The Hall–Kier alpha value is -3.06. The lowest BCUT2D eigenvalue weighted by Crippen LogP contribution is -2.40. The fourth-order valence-corrected chi connectivity index (χ4v) is 4.05. The lowest BCUT2D eigenvalue weighted by Gasteiger charge is -2.30. The highest BCUT2D eigenvalue weighted by Crippen LogP contribution is 2.30. The number of para-hydroxylation sites is 1. The number of nitrogens with zero attached hydrogens (tertiary/aromatic N) is 1. The molecule has 2 aromatic rings. The van der Waals surface area contributed by atoms with E-state index in [-0.39, 0.29) is 12.6 Å². The smallest absolute Gasteiger partial charge is 0.329 e. The zero-order chi connectivity index (χ0) is 22.1. The minimum Gasteiger partial charge on any atom is -0.497 e. The number of carboxylic acids is 1. The van der Waals surface area contributed by atoms with Crippen LogP contribution in [0.15, 0.2) is 54.6 Å². The number of amides is 2. The molecule has 0 saturated heterocycles. The fraction of sp³-hybridized carbons (Fsp3) is 0.417. The van der Waals surface area contributed by atoms with E-state index in [1.165, 1.54) is 0 Å². The molecule has 0 heterocycles. The Morgan fingerprint density at radius 1 is 1.03 bits per heavy atom. The highest BCUT2D eigenvalue weighted by Gasteiger charge is 2.24. The molecular weight excluding hydrogens is 396 g/mol. The van der Waals surface area contributed by atoms with Crippen molar-refractivity contribution in [2.45, 2.75) is 25.7 Å². The standard InChI is InChI=1S/C24H30N2O5/c1-30-22-12-10-21(11-13-22)26(20-8-3-2-4-9-20)24(29)25-15-18-6-5-7-19(14-18)16-31-17-23(27)28/h2-4,8-13,18-19H,5-7,14-17H2,1H3,(H,25,29)(H,27,28). The van der Waals surface area contributed by atoms with Crippen molar-refractivity contribution in [3.8, 4) is 5.75 Å². The van der Waals surface area contributed by atoms with Crippen LogP contribution in [0.2, 0.25) is 0 Å². The van der Waals surface area contributed by atoms with Crippen LogP contribution in [0.3, 0.4) is 0 Å². The highest BCUT2D eigenvalue weighted by atomic mass is 16.5. The first-order valence-electron chi connectivity index (χ1n) is 10.6. The number of anilines is 2. The number of methoxy groups -OCH3 is 1. The number of carbonyl (C=O) groups is 2. The Kier molecular flexibility index (Phi) is 8.29. The van der Waals surface area contributed by atoms with Crippen molar-refractivity contribution in [2.75, 3.05) is 31.8 Å². The normalized spacial score (nSPS) is 18.2. The molecule has 0 radical (unpaired) electrons.